The zero-order chi connectivity index (χ0) is 16.9. The zero-order valence-corrected chi connectivity index (χ0v) is 14.8. The fraction of sp³-hybridized carbons (Fsp3) is 0.143. The first-order valence-corrected chi connectivity index (χ1v) is 8.43. The van der Waals surface area contributed by atoms with Crippen LogP contribution in [0.25, 0.3) is 5.57 Å². The summed E-state index contributed by atoms with van der Waals surface area (Å²) in [6.45, 7) is 1.41. The molecule has 23 heavy (non-hydrogen) atoms. The van der Waals surface area contributed by atoms with Gasteiger partial charge in [0, 0.05) is 9.69 Å². The van der Waals surface area contributed by atoms with Crippen LogP contribution in [0.4, 0.5) is 0 Å². The minimum absolute atomic E-state index is 0.177. The van der Waals surface area contributed by atoms with Crippen LogP contribution in [0.5, 0.6) is 5.88 Å². The van der Waals surface area contributed by atoms with E-state index in [2.05, 4.69) is 20.9 Å². The number of carboxylic acids is 1. The van der Waals surface area contributed by atoms with Gasteiger partial charge in [-0.25, -0.2) is 9.79 Å². The summed E-state index contributed by atoms with van der Waals surface area (Å²) < 4.78 is 2.06. The molecule has 2 N–H and O–H groups in total. The largest absolute Gasteiger partial charge is 0.493 e. The highest BCUT2D eigenvalue weighted by molar-refractivity contribution is 9.10. The SMILES string of the molecule is C[C@H](C(=O)O)n1c(O)c(C2=c3cc(Br)ccc3=NC2=O)sc1=S. The number of hydrogen-bond donors (Lipinski definition) is 2. The van der Waals surface area contributed by atoms with E-state index in [-0.39, 0.29) is 20.3 Å². The third-order valence-corrected chi connectivity index (χ3v) is 5.35. The number of carboxylic acid groups (broad SMARTS) is 1. The third kappa shape index (κ3) is 2.54. The molecule has 0 unspecified atom stereocenters. The van der Waals surface area contributed by atoms with Gasteiger partial charge in [0.25, 0.3) is 5.91 Å². The Labute approximate surface area is 147 Å². The van der Waals surface area contributed by atoms with Gasteiger partial charge in [0.1, 0.15) is 10.9 Å². The Morgan fingerprint density at radius 3 is 2.83 bits per heavy atom. The first-order chi connectivity index (χ1) is 10.8. The molecule has 0 radical (unpaired) electrons. The van der Waals surface area contributed by atoms with Crippen LogP contribution < -0.4 is 10.6 Å². The van der Waals surface area contributed by atoms with Crippen LogP contribution in [-0.4, -0.2) is 26.7 Å². The predicted molar refractivity (Wildman–Crippen MR) is 89.6 cm³/mol. The number of aromatic hydroxyl groups is 1. The number of thiazole rings is 1. The molecule has 9 heteroatoms. The first-order valence-electron chi connectivity index (χ1n) is 6.41. The first kappa shape index (κ1) is 16.0. The van der Waals surface area contributed by atoms with Crippen molar-refractivity contribution < 1.29 is 19.8 Å². The predicted octanol–water partition coefficient (Wildman–Crippen LogP) is 1.75. The summed E-state index contributed by atoms with van der Waals surface area (Å²) >= 11 is 9.47. The van der Waals surface area contributed by atoms with Crippen LogP contribution >= 0.6 is 39.5 Å². The van der Waals surface area contributed by atoms with Crippen LogP contribution in [-0.2, 0) is 9.59 Å². The van der Waals surface area contributed by atoms with Crippen molar-refractivity contribution in [2.75, 3.05) is 0 Å². The summed E-state index contributed by atoms with van der Waals surface area (Å²) in [4.78, 5) is 27.6. The summed E-state index contributed by atoms with van der Waals surface area (Å²) in [7, 11) is 0. The molecule has 2 heterocycles. The number of nitrogens with zero attached hydrogens (tertiary/aromatic N) is 2. The molecular weight excluding hydrogens is 404 g/mol. The molecule has 3 rings (SSSR count). The molecule has 118 valence electrons. The highest BCUT2D eigenvalue weighted by atomic mass is 79.9. The van der Waals surface area contributed by atoms with Gasteiger partial charge in [-0.05, 0) is 37.3 Å². The Bertz CT molecular complexity index is 1040. The van der Waals surface area contributed by atoms with E-state index in [4.69, 9.17) is 17.3 Å². The zero-order valence-electron chi connectivity index (χ0n) is 11.6. The van der Waals surface area contributed by atoms with Crippen molar-refractivity contribution in [3.8, 4) is 5.88 Å². The summed E-state index contributed by atoms with van der Waals surface area (Å²) in [5.41, 5.74) is 0.228. The fourth-order valence-electron chi connectivity index (χ4n) is 2.30. The van der Waals surface area contributed by atoms with Gasteiger partial charge in [-0.3, -0.25) is 9.36 Å². The minimum Gasteiger partial charge on any atom is -0.493 e. The average molecular weight is 413 g/mol. The number of benzene rings is 1. The van der Waals surface area contributed by atoms with Crippen LogP contribution in [0.2, 0.25) is 0 Å². The van der Waals surface area contributed by atoms with E-state index in [1.54, 1.807) is 18.2 Å². The van der Waals surface area contributed by atoms with Gasteiger partial charge < -0.3 is 10.2 Å². The number of aromatic nitrogens is 1. The van der Waals surface area contributed by atoms with E-state index < -0.39 is 17.9 Å². The van der Waals surface area contributed by atoms with E-state index in [0.717, 1.165) is 20.4 Å². The molecule has 0 aliphatic carbocycles. The second kappa shape index (κ2) is 5.66. The maximum Gasteiger partial charge on any atom is 0.326 e. The number of hydrogen-bond acceptors (Lipinski definition) is 5. The topological polar surface area (TPSA) is 91.9 Å². The number of rotatable bonds is 3. The van der Waals surface area contributed by atoms with Crippen LogP contribution in [0.1, 0.15) is 17.8 Å². The van der Waals surface area contributed by atoms with Crippen molar-refractivity contribution in [2.45, 2.75) is 13.0 Å². The lowest BCUT2D eigenvalue weighted by molar-refractivity contribution is -0.140. The molecule has 0 saturated carbocycles. The molecule has 1 amide bonds. The van der Waals surface area contributed by atoms with Gasteiger partial charge >= 0.3 is 5.97 Å². The lowest BCUT2D eigenvalue weighted by atomic mass is 10.1. The molecule has 0 saturated heterocycles. The van der Waals surface area contributed by atoms with E-state index in [1.165, 1.54) is 6.92 Å². The van der Waals surface area contributed by atoms with E-state index >= 15 is 0 Å². The molecule has 0 fully saturated rings. The van der Waals surface area contributed by atoms with Crippen molar-refractivity contribution in [1.82, 2.24) is 4.57 Å². The van der Waals surface area contributed by atoms with Crippen molar-refractivity contribution in [1.29, 1.82) is 0 Å². The van der Waals surface area contributed by atoms with Gasteiger partial charge in [0.05, 0.1) is 10.9 Å². The molecule has 1 atom stereocenters. The molecule has 1 aliphatic heterocycles. The lowest BCUT2D eigenvalue weighted by Gasteiger charge is -2.09. The number of halogens is 1. The van der Waals surface area contributed by atoms with Crippen LogP contribution in [0.3, 0.4) is 0 Å². The third-order valence-electron chi connectivity index (χ3n) is 3.45. The summed E-state index contributed by atoms with van der Waals surface area (Å²) in [6, 6.07) is 4.14. The molecule has 0 bridgehead atoms. The highest BCUT2D eigenvalue weighted by Crippen LogP contribution is 2.34. The number of aliphatic carboxylic acids is 1. The normalized spacial score (nSPS) is 14.5. The Hall–Kier alpha value is -1.84. The van der Waals surface area contributed by atoms with E-state index in [1.807, 2.05) is 0 Å². The summed E-state index contributed by atoms with van der Waals surface area (Å²) in [6.07, 6.45) is 0. The number of carbonyl (C=O) groups is 2. The quantitative estimate of drug-likeness (QED) is 0.749. The van der Waals surface area contributed by atoms with E-state index in [9.17, 15) is 14.7 Å². The number of amides is 1. The van der Waals surface area contributed by atoms with Crippen molar-refractivity contribution in [3.05, 3.63) is 42.1 Å². The standard InChI is InChI=1S/C14H9BrN2O4S2/c1-5(13(20)21)17-12(19)10(23-14(17)22)9-7-4-6(15)2-3-8(7)16-11(9)18/h2-5,19H,1H3,(H,20,21)/t5-/m1/s1. The Kier molecular flexibility index (Phi) is 3.95. The Morgan fingerprint density at radius 2 is 2.17 bits per heavy atom. The molecule has 1 aliphatic rings. The highest BCUT2D eigenvalue weighted by Gasteiger charge is 2.28. The Balaban J connectivity index is 2.33. The molecule has 0 spiro atoms. The maximum absolute atomic E-state index is 12.2. The molecular formula is C14H9BrN2O4S2. The van der Waals surface area contributed by atoms with Crippen molar-refractivity contribution >= 4 is 56.9 Å². The second-order valence-electron chi connectivity index (χ2n) is 4.86. The Morgan fingerprint density at radius 1 is 1.48 bits per heavy atom. The van der Waals surface area contributed by atoms with E-state index in [0.29, 0.717) is 10.6 Å². The molecule has 1 aromatic carbocycles. The second-order valence-corrected chi connectivity index (χ2v) is 7.42. The maximum atomic E-state index is 12.2. The lowest BCUT2D eigenvalue weighted by Crippen LogP contribution is -2.22. The fourth-order valence-corrected chi connectivity index (χ4v) is 4.16. The summed E-state index contributed by atoms with van der Waals surface area (Å²) in [5, 5.41) is 20.6. The van der Waals surface area contributed by atoms with Crippen molar-refractivity contribution in [3.63, 3.8) is 0 Å². The van der Waals surface area contributed by atoms with Gasteiger partial charge in [-0.2, -0.15) is 0 Å². The van der Waals surface area contributed by atoms with Gasteiger partial charge in [-0.15, -0.1) is 11.3 Å². The van der Waals surface area contributed by atoms with Gasteiger partial charge in [0.15, 0.2) is 3.95 Å². The smallest absolute Gasteiger partial charge is 0.326 e. The molecule has 2 aromatic rings. The van der Waals surface area contributed by atoms with Gasteiger partial charge in [-0.1, -0.05) is 15.9 Å². The minimum atomic E-state index is -1.13. The number of fused-ring (bicyclic) bond motifs is 1. The molecule has 6 nitrogen and oxygen atoms in total. The molecule has 1 aromatic heterocycles. The van der Waals surface area contributed by atoms with Gasteiger partial charge in [0.2, 0.25) is 5.88 Å². The van der Waals surface area contributed by atoms with Crippen LogP contribution in [0, 0.1) is 3.95 Å². The summed E-state index contributed by atoms with van der Waals surface area (Å²) in [5.74, 6) is -1.95. The number of carbonyl (C=O) groups excluding carboxylic acids is 1. The monoisotopic (exact) mass is 412 g/mol. The van der Waals surface area contributed by atoms with Crippen LogP contribution in [0.15, 0.2) is 27.7 Å². The van der Waals surface area contributed by atoms with Crippen molar-refractivity contribution in [2.24, 2.45) is 4.99 Å². The average Bonchev–Trinajstić information content (AvgIpc) is 2.94.